The van der Waals surface area contributed by atoms with E-state index in [1.54, 1.807) is 0 Å². The summed E-state index contributed by atoms with van der Waals surface area (Å²) in [5, 5.41) is 2.25. The van der Waals surface area contributed by atoms with E-state index >= 15 is 0 Å². The van der Waals surface area contributed by atoms with Gasteiger partial charge >= 0.3 is 0 Å². The molecule has 0 atom stereocenters. The Morgan fingerprint density at radius 1 is 0.508 bits per heavy atom. The zero-order chi connectivity index (χ0) is 44.6. The van der Waals surface area contributed by atoms with Crippen molar-refractivity contribution in [1.82, 2.24) is 9.55 Å². The zero-order valence-corrected chi connectivity index (χ0v) is 41.9. The maximum atomic E-state index is 6.89. The van der Waals surface area contributed by atoms with Crippen LogP contribution in [0, 0.1) is 29.6 Å². The average molecular weight is 1020 g/mol. The van der Waals surface area contributed by atoms with E-state index in [0.717, 1.165) is 44.6 Å². The molecule has 330 valence electrons. The first-order valence-corrected chi connectivity index (χ1v) is 22.0. The second kappa shape index (κ2) is 16.5. The summed E-state index contributed by atoms with van der Waals surface area (Å²) in [7, 11) is 0. The van der Waals surface area contributed by atoms with Gasteiger partial charge in [0, 0.05) is 77.6 Å². The van der Waals surface area contributed by atoms with Gasteiger partial charge in [0.05, 0.1) is 0 Å². The number of fused-ring (bicyclic) bond motifs is 3. The van der Waals surface area contributed by atoms with Crippen LogP contribution in [0.15, 0.2) is 133 Å². The molecule has 0 N–H and O–H groups in total. The van der Waals surface area contributed by atoms with E-state index in [-0.39, 0.29) is 48.1 Å². The summed E-state index contributed by atoms with van der Waals surface area (Å²) in [6, 6.07) is 48.7. The molecule has 2 aromatic heterocycles. The first kappa shape index (κ1) is 45.9. The molecule has 7 aromatic rings. The van der Waals surface area contributed by atoms with E-state index in [4.69, 9.17) is 9.72 Å². The molecule has 0 radical (unpaired) electrons. The van der Waals surface area contributed by atoms with Gasteiger partial charge in [0.2, 0.25) is 0 Å². The third kappa shape index (κ3) is 8.88. The molecule has 1 aliphatic rings. The van der Waals surface area contributed by atoms with E-state index in [2.05, 4.69) is 239 Å². The fourth-order valence-corrected chi connectivity index (χ4v) is 8.78. The number of benzene rings is 5. The molecule has 0 spiro atoms. The van der Waals surface area contributed by atoms with Crippen LogP contribution in [-0.4, -0.2) is 9.55 Å². The molecule has 3 heterocycles. The van der Waals surface area contributed by atoms with Crippen molar-refractivity contribution in [2.45, 2.75) is 113 Å². The topological polar surface area (TPSA) is 33.5 Å². The molecule has 0 saturated heterocycles. The fourth-order valence-electron chi connectivity index (χ4n) is 8.78. The van der Waals surface area contributed by atoms with Gasteiger partial charge in [0.25, 0.3) is 0 Å². The molecule has 0 bridgehead atoms. The Labute approximate surface area is 391 Å². The fraction of sp³-hybridized carbons (Fsp3) is 0.333. The molecular formula is C57H63N4OPt-3. The van der Waals surface area contributed by atoms with Crippen LogP contribution in [-0.2, 0) is 37.3 Å². The van der Waals surface area contributed by atoms with Crippen LogP contribution in [0.4, 0.5) is 11.4 Å². The summed E-state index contributed by atoms with van der Waals surface area (Å²) in [6.07, 6.45) is 1.91. The van der Waals surface area contributed by atoms with Crippen molar-refractivity contribution in [3.63, 3.8) is 0 Å². The smallest absolute Gasteiger partial charge is 0.135 e. The molecule has 0 saturated carbocycles. The minimum atomic E-state index is -0.216. The normalized spacial score (nSPS) is 14.2. The third-order valence-electron chi connectivity index (χ3n) is 12.3. The van der Waals surface area contributed by atoms with Crippen LogP contribution in [0.25, 0.3) is 27.6 Å². The van der Waals surface area contributed by atoms with Crippen molar-refractivity contribution in [2.75, 3.05) is 9.80 Å². The summed E-state index contributed by atoms with van der Waals surface area (Å²) in [6.45, 7) is 34.3. The number of rotatable bonds is 7. The number of anilines is 2. The summed E-state index contributed by atoms with van der Waals surface area (Å²) in [4.78, 5) is 9.66. The number of pyridine rings is 1. The molecular weight excluding hydrogens is 952 g/mol. The van der Waals surface area contributed by atoms with E-state index in [1.807, 2.05) is 12.3 Å². The van der Waals surface area contributed by atoms with Gasteiger partial charge in [-0.3, -0.25) is 0 Å². The molecule has 8 rings (SSSR count). The summed E-state index contributed by atoms with van der Waals surface area (Å²) >= 11 is 0. The molecule has 6 heteroatoms. The van der Waals surface area contributed by atoms with Crippen molar-refractivity contribution in [3.8, 4) is 17.3 Å². The number of aromatic nitrogens is 2. The SMILES string of the molecule is CC(C)(C)C1=C(C(C)(C)C)N(c2cccc(C(C)(C)c3ccccc3)c2)[CH-]N1c1[c-]c(Oc2[c-]c3c(cc2)c2ccccc2n3-c2cc(C(C)(C)C)ccn2)cc(C(C)(C)C)c1.[Pt]. The van der Waals surface area contributed by atoms with Crippen LogP contribution < -0.4 is 14.5 Å². The average Bonchev–Trinajstić information content (AvgIpc) is 3.79. The van der Waals surface area contributed by atoms with Gasteiger partial charge in [-0.25, -0.2) is 4.98 Å². The molecule has 0 unspecified atom stereocenters. The number of nitrogens with zero attached hydrogens (tertiary/aromatic N) is 4. The Hall–Kier alpha value is -5.12. The maximum absolute atomic E-state index is 6.89. The van der Waals surface area contributed by atoms with Crippen LogP contribution >= 0.6 is 0 Å². The molecule has 63 heavy (non-hydrogen) atoms. The van der Waals surface area contributed by atoms with Crippen LogP contribution in [0.2, 0.25) is 0 Å². The van der Waals surface area contributed by atoms with Crippen molar-refractivity contribution in [2.24, 2.45) is 10.8 Å². The van der Waals surface area contributed by atoms with Crippen LogP contribution in [0.1, 0.15) is 119 Å². The standard InChI is InChI=1S/C57H63N4O.Pt/c1-53(2,3)39-29-30-58-50(34-39)61-48-26-19-18-25-46(48)47-28-27-44(36-49(47)61)62-45-33-41(54(4,5)6)32-43(35-45)60-37-59(51(55(7,8)9)52(60)56(10,11)12)42-24-20-23-40(31-42)57(13,14)38-21-16-15-17-22-38;/h15-34,37H,1-14H3;/q-3;. The van der Waals surface area contributed by atoms with Crippen LogP contribution in [0.3, 0.4) is 0 Å². The van der Waals surface area contributed by atoms with Gasteiger partial charge in [-0.05, 0) is 63.2 Å². The second-order valence-corrected chi connectivity index (χ2v) is 21.7. The van der Waals surface area contributed by atoms with Gasteiger partial charge in [0.1, 0.15) is 5.82 Å². The zero-order valence-electron chi connectivity index (χ0n) is 39.6. The Morgan fingerprint density at radius 3 is 1.81 bits per heavy atom. The summed E-state index contributed by atoms with van der Waals surface area (Å²) in [5.41, 5.74) is 10.7. The monoisotopic (exact) mass is 1010 g/mol. The van der Waals surface area contributed by atoms with E-state index < -0.39 is 0 Å². The largest absolute Gasteiger partial charge is 0.509 e. The van der Waals surface area contributed by atoms with Gasteiger partial charge in [-0.15, -0.1) is 53.6 Å². The minimum absolute atomic E-state index is 0. The molecule has 0 aliphatic carbocycles. The predicted octanol–water partition coefficient (Wildman–Crippen LogP) is 15.2. The summed E-state index contributed by atoms with van der Waals surface area (Å²) in [5.74, 6) is 2.12. The van der Waals surface area contributed by atoms with E-state index in [1.165, 1.54) is 28.1 Å². The molecule has 5 nitrogen and oxygen atoms in total. The van der Waals surface area contributed by atoms with E-state index in [9.17, 15) is 0 Å². The van der Waals surface area contributed by atoms with Crippen molar-refractivity contribution in [1.29, 1.82) is 0 Å². The molecule has 0 fully saturated rings. The number of para-hydroxylation sites is 1. The van der Waals surface area contributed by atoms with Crippen molar-refractivity contribution in [3.05, 3.63) is 174 Å². The Bertz CT molecular complexity index is 2820. The minimum Gasteiger partial charge on any atom is -0.509 e. The van der Waals surface area contributed by atoms with Gasteiger partial charge in [0.15, 0.2) is 0 Å². The number of allylic oxidation sites excluding steroid dienone is 2. The number of ether oxygens (including phenoxy) is 1. The van der Waals surface area contributed by atoms with Gasteiger partial charge < -0.3 is 19.1 Å². The van der Waals surface area contributed by atoms with Crippen LogP contribution in [0.5, 0.6) is 11.5 Å². The van der Waals surface area contributed by atoms with E-state index in [0.29, 0.717) is 11.5 Å². The second-order valence-electron chi connectivity index (χ2n) is 21.7. The first-order valence-electron chi connectivity index (χ1n) is 22.0. The van der Waals surface area contributed by atoms with Crippen molar-refractivity contribution >= 4 is 33.2 Å². The Balaban J connectivity index is 0.00000595. The van der Waals surface area contributed by atoms with Gasteiger partial charge in [-0.2, -0.15) is 6.07 Å². The number of hydrogen-bond donors (Lipinski definition) is 0. The molecule has 0 amide bonds. The first-order chi connectivity index (χ1) is 29.0. The molecule has 1 aliphatic heterocycles. The molecule has 5 aromatic carbocycles. The predicted molar refractivity (Wildman–Crippen MR) is 260 cm³/mol. The summed E-state index contributed by atoms with van der Waals surface area (Å²) < 4.78 is 9.11. The quantitative estimate of drug-likeness (QED) is 0.149. The third-order valence-corrected chi connectivity index (χ3v) is 12.3. The number of hydrogen-bond acceptors (Lipinski definition) is 4. The maximum Gasteiger partial charge on any atom is 0.135 e. The van der Waals surface area contributed by atoms with Crippen molar-refractivity contribution < 1.29 is 25.8 Å². The Morgan fingerprint density at radius 2 is 1.14 bits per heavy atom. The Kier molecular flexibility index (Phi) is 12.0. The van der Waals surface area contributed by atoms with Gasteiger partial charge in [-0.1, -0.05) is 163 Å².